The number of methoxy groups -OCH3 is 1. The van der Waals surface area contributed by atoms with Crippen LogP contribution in [0.15, 0.2) is 24.4 Å². The molecule has 16 heavy (non-hydrogen) atoms. The molecule has 2 rings (SSSR count). The van der Waals surface area contributed by atoms with Gasteiger partial charge in [0.15, 0.2) is 0 Å². The number of ether oxygens (including phenoxy) is 1. The van der Waals surface area contributed by atoms with Gasteiger partial charge in [-0.25, -0.2) is 14.1 Å². The molecule has 0 bridgehead atoms. The number of esters is 1. The van der Waals surface area contributed by atoms with Crippen LogP contribution in [-0.4, -0.2) is 33.8 Å². The zero-order valence-electron chi connectivity index (χ0n) is 8.38. The van der Waals surface area contributed by atoms with E-state index in [0.717, 1.165) is 0 Å². The average molecular weight is 220 g/mol. The molecule has 0 unspecified atom stereocenters. The van der Waals surface area contributed by atoms with Crippen molar-refractivity contribution in [2.45, 2.75) is 0 Å². The summed E-state index contributed by atoms with van der Waals surface area (Å²) in [4.78, 5) is 22.2. The van der Waals surface area contributed by atoms with Crippen molar-refractivity contribution in [1.82, 2.24) is 9.61 Å². The highest BCUT2D eigenvalue weighted by Crippen LogP contribution is 2.13. The predicted octanol–water partition coefficient (Wildman–Crippen LogP) is 0.819. The van der Waals surface area contributed by atoms with E-state index in [0.29, 0.717) is 5.52 Å². The molecule has 0 aliphatic rings. The molecule has 2 aromatic heterocycles. The van der Waals surface area contributed by atoms with Gasteiger partial charge in [0.25, 0.3) is 0 Å². The molecular formula is C10H8N2O4. The van der Waals surface area contributed by atoms with Gasteiger partial charge in [0.2, 0.25) is 0 Å². The number of carboxylic acids is 1. The van der Waals surface area contributed by atoms with Crippen LogP contribution < -0.4 is 0 Å². The smallest absolute Gasteiger partial charge is 0.354 e. The maximum absolute atomic E-state index is 11.3. The molecule has 2 heterocycles. The van der Waals surface area contributed by atoms with Gasteiger partial charge in [0.1, 0.15) is 11.3 Å². The quantitative estimate of drug-likeness (QED) is 0.757. The highest BCUT2D eigenvalue weighted by Gasteiger charge is 2.16. The Hall–Kier alpha value is -2.37. The van der Waals surface area contributed by atoms with Gasteiger partial charge in [0, 0.05) is 0 Å². The van der Waals surface area contributed by atoms with Crippen molar-refractivity contribution >= 4 is 17.5 Å². The number of nitrogens with zero attached hydrogens (tertiary/aromatic N) is 2. The topological polar surface area (TPSA) is 80.9 Å². The van der Waals surface area contributed by atoms with Crippen molar-refractivity contribution in [2.75, 3.05) is 7.11 Å². The number of fused-ring (bicyclic) bond motifs is 1. The van der Waals surface area contributed by atoms with Crippen LogP contribution in [0.2, 0.25) is 0 Å². The normalized spacial score (nSPS) is 10.3. The lowest BCUT2D eigenvalue weighted by Crippen LogP contribution is -2.06. The Morgan fingerprint density at radius 1 is 1.44 bits per heavy atom. The molecule has 6 nitrogen and oxygen atoms in total. The van der Waals surface area contributed by atoms with Gasteiger partial charge in [0.05, 0.1) is 18.8 Å². The summed E-state index contributed by atoms with van der Waals surface area (Å²) in [5, 5.41) is 12.8. The lowest BCUT2D eigenvalue weighted by molar-refractivity contribution is 0.0601. The van der Waals surface area contributed by atoms with Crippen LogP contribution >= 0.6 is 0 Å². The van der Waals surface area contributed by atoms with Gasteiger partial charge in [-0.1, -0.05) is 6.07 Å². The number of rotatable bonds is 2. The predicted molar refractivity (Wildman–Crippen MR) is 53.5 cm³/mol. The van der Waals surface area contributed by atoms with E-state index in [9.17, 15) is 9.59 Å². The number of aromatic nitrogens is 2. The molecule has 0 saturated carbocycles. The molecule has 0 radical (unpaired) electrons. The zero-order chi connectivity index (χ0) is 11.7. The second-order valence-electron chi connectivity index (χ2n) is 3.06. The maximum Gasteiger partial charge on any atom is 0.354 e. The zero-order valence-corrected chi connectivity index (χ0v) is 8.38. The Morgan fingerprint density at radius 2 is 2.19 bits per heavy atom. The first-order valence-corrected chi connectivity index (χ1v) is 4.43. The van der Waals surface area contributed by atoms with E-state index in [-0.39, 0.29) is 11.3 Å². The fourth-order valence-corrected chi connectivity index (χ4v) is 1.44. The van der Waals surface area contributed by atoms with Gasteiger partial charge in [-0.05, 0) is 12.1 Å². The third-order valence-corrected chi connectivity index (χ3v) is 2.17. The van der Waals surface area contributed by atoms with Crippen molar-refractivity contribution in [1.29, 1.82) is 0 Å². The fraction of sp³-hybridized carbons (Fsp3) is 0.100. The van der Waals surface area contributed by atoms with Crippen LogP contribution in [0.25, 0.3) is 5.52 Å². The van der Waals surface area contributed by atoms with Crippen LogP contribution in [0.1, 0.15) is 20.8 Å². The first kappa shape index (κ1) is 10.2. The number of carbonyl (C=O) groups is 2. The summed E-state index contributed by atoms with van der Waals surface area (Å²) in [7, 11) is 1.26. The molecule has 0 amide bonds. The van der Waals surface area contributed by atoms with E-state index in [4.69, 9.17) is 5.11 Å². The third-order valence-electron chi connectivity index (χ3n) is 2.17. The second-order valence-corrected chi connectivity index (χ2v) is 3.06. The van der Waals surface area contributed by atoms with E-state index in [1.165, 1.54) is 23.9 Å². The highest BCUT2D eigenvalue weighted by atomic mass is 16.5. The van der Waals surface area contributed by atoms with Gasteiger partial charge in [-0.3, -0.25) is 0 Å². The summed E-state index contributed by atoms with van der Waals surface area (Å²) < 4.78 is 5.75. The van der Waals surface area contributed by atoms with Gasteiger partial charge >= 0.3 is 11.9 Å². The molecule has 82 valence electrons. The molecular weight excluding hydrogens is 212 g/mol. The van der Waals surface area contributed by atoms with Crippen molar-refractivity contribution in [3.8, 4) is 0 Å². The lowest BCUT2D eigenvalue weighted by Gasteiger charge is -2.00. The molecule has 0 atom stereocenters. The summed E-state index contributed by atoms with van der Waals surface area (Å²) >= 11 is 0. The monoisotopic (exact) mass is 220 g/mol. The summed E-state index contributed by atoms with van der Waals surface area (Å²) in [6, 6.07) is 4.56. The molecule has 6 heteroatoms. The number of carboxylic acid groups (broad SMARTS) is 1. The summed E-state index contributed by atoms with van der Waals surface area (Å²) in [6.45, 7) is 0. The number of hydrogen-bond acceptors (Lipinski definition) is 4. The Balaban J connectivity index is 2.71. The van der Waals surface area contributed by atoms with E-state index in [1.807, 2.05) is 0 Å². The molecule has 0 spiro atoms. The number of aromatic carboxylic acids is 1. The fourth-order valence-electron chi connectivity index (χ4n) is 1.44. The van der Waals surface area contributed by atoms with Crippen molar-refractivity contribution in [2.24, 2.45) is 0 Å². The minimum absolute atomic E-state index is 0.00680. The Morgan fingerprint density at radius 3 is 2.81 bits per heavy atom. The molecule has 0 aromatic carbocycles. The maximum atomic E-state index is 11.3. The van der Waals surface area contributed by atoms with E-state index < -0.39 is 11.9 Å². The van der Waals surface area contributed by atoms with Crippen LogP contribution in [0.4, 0.5) is 0 Å². The molecule has 1 N–H and O–H groups in total. The molecule has 0 saturated heterocycles. The largest absolute Gasteiger partial charge is 0.477 e. The van der Waals surface area contributed by atoms with Crippen LogP contribution in [0, 0.1) is 0 Å². The molecule has 2 aromatic rings. The molecule has 0 aliphatic heterocycles. The third kappa shape index (κ3) is 1.40. The minimum Gasteiger partial charge on any atom is -0.477 e. The van der Waals surface area contributed by atoms with Gasteiger partial charge < -0.3 is 9.84 Å². The summed E-state index contributed by atoms with van der Waals surface area (Å²) in [5.41, 5.74) is 0.644. The molecule has 0 fully saturated rings. The van der Waals surface area contributed by atoms with Gasteiger partial charge in [-0.15, -0.1) is 0 Å². The Labute approximate surface area is 90.1 Å². The first-order chi connectivity index (χ1) is 7.65. The van der Waals surface area contributed by atoms with E-state index in [1.54, 1.807) is 12.1 Å². The number of pyridine rings is 1. The van der Waals surface area contributed by atoms with Crippen molar-refractivity contribution in [3.63, 3.8) is 0 Å². The first-order valence-electron chi connectivity index (χ1n) is 4.43. The van der Waals surface area contributed by atoms with Crippen LogP contribution in [0.3, 0.4) is 0 Å². The number of hydrogen-bond donors (Lipinski definition) is 1. The highest BCUT2D eigenvalue weighted by molar-refractivity contribution is 5.97. The summed E-state index contributed by atoms with van der Waals surface area (Å²) in [5.74, 6) is -1.65. The van der Waals surface area contributed by atoms with Crippen LogP contribution in [0.5, 0.6) is 0 Å². The Kier molecular flexibility index (Phi) is 2.32. The van der Waals surface area contributed by atoms with E-state index in [2.05, 4.69) is 9.84 Å². The minimum atomic E-state index is -1.11. The Bertz CT molecular complexity index is 573. The lowest BCUT2D eigenvalue weighted by atomic mass is 10.2. The van der Waals surface area contributed by atoms with Gasteiger partial charge in [-0.2, -0.15) is 5.10 Å². The summed E-state index contributed by atoms with van der Waals surface area (Å²) in [6.07, 6.45) is 1.29. The number of carbonyl (C=O) groups excluding carboxylic acids is 1. The standard InChI is InChI=1S/C10H8N2O4/c1-16-10(15)6-5-11-12-7(6)3-2-4-8(12)9(13)14/h2-5H,1H3,(H,13,14). The SMILES string of the molecule is COC(=O)c1cnn2c(C(=O)O)cccc12. The molecule has 0 aliphatic carbocycles. The van der Waals surface area contributed by atoms with E-state index >= 15 is 0 Å². The van der Waals surface area contributed by atoms with Crippen molar-refractivity contribution < 1.29 is 19.4 Å². The van der Waals surface area contributed by atoms with Crippen molar-refractivity contribution in [3.05, 3.63) is 35.7 Å². The van der Waals surface area contributed by atoms with Crippen LogP contribution in [-0.2, 0) is 4.74 Å². The second kappa shape index (κ2) is 3.65. The average Bonchev–Trinajstić information content (AvgIpc) is 2.71.